The van der Waals surface area contributed by atoms with Crippen molar-refractivity contribution in [3.8, 4) is 5.75 Å². The van der Waals surface area contributed by atoms with Gasteiger partial charge in [-0.05, 0) is 48.7 Å². The van der Waals surface area contributed by atoms with Crippen LogP contribution in [0.1, 0.15) is 5.56 Å². The van der Waals surface area contributed by atoms with Gasteiger partial charge in [-0.15, -0.1) is 0 Å². The predicted octanol–water partition coefficient (Wildman–Crippen LogP) is 1.02. The van der Waals surface area contributed by atoms with E-state index in [1.165, 1.54) is 21.6 Å². The van der Waals surface area contributed by atoms with Crippen LogP contribution in [0.25, 0.3) is 10.9 Å². The summed E-state index contributed by atoms with van der Waals surface area (Å²) in [6, 6.07) is 9.25. The molecule has 1 aromatic carbocycles. The summed E-state index contributed by atoms with van der Waals surface area (Å²) < 4.78 is 26.8. The topological polar surface area (TPSA) is 135 Å². The number of carbonyl (C=O) groups excluding carboxylic acids is 2. The Labute approximate surface area is 204 Å². The van der Waals surface area contributed by atoms with Gasteiger partial charge in [0.05, 0.1) is 18.7 Å². The Morgan fingerprint density at radius 2 is 2.00 bits per heavy atom. The van der Waals surface area contributed by atoms with Crippen molar-refractivity contribution < 1.29 is 28.6 Å². The Hall–Kier alpha value is -4.03. The zero-order chi connectivity index (χ0) is 25.2. The lowest BCUT2D eigenvalue weighted by Crippen LogP contribution is -2.32. The van der Waals surface area contributed by atoms with E-state index in [4.69, 9.17) is 9.47 Å². The number of halogens is 1. The summed E-state index contributed by atoms with van der Waals surface area (Å²) >= 11 is 0. The average Bonchev–Trinajstić information content (AvgIpc) is 3.24. The maximum atomic E-state index is 14.7. The fraction of sp³-hybridized carbons (Fsp3) is 0.333. The molecule has 3 N–H and O–H groups in total. The zero-order valence-electron chi connectivity index (χ0n) is 19.2. The van der Waals surface area contributed by atoms with E-state index in [-0.39, 0.29) is 50.0 Å². The van der Waals surface area contributed by atoms with Crippen molar-refractivity contribution in [1.82, 2.24) is 14.9 Å². The number of rotatable bonds is 8. The number of nitrogens with zero attached hydrogens (tertiary/aromatic N) is 3. The van der Waals surface area contributed by atoms with Gasteiger partial charge in [-0.1, -0.05) is 0 Å². The number of cyclic esters (lactones) is 1. The third-order valence-corrected chi connectivity index (χ3v) is 6.06. The summed E-state index contributed by atoms with van der Waals surface area (Å²) in [6.45, 7) is 0.673. The summed E-state index contributed by atoms with van der Waals surface area (Å²) in [4.78, 5) is 41.9. The maximum Gasteiger partial charge on any atom is 0.416 e. The highest BCUT2D eigenvalue weighted by Crippen LogP contribution is 2.30. The van der Waals surface area contributed by atoms with Gasteiger partial charge >= 0.3 is 6.09 Å². The molecule has 12 heteroatoms. The minimum Gasteiger partial charge on any atom is -0.480 e. The van der Waals surface area contributed by atoms with Gasteiger partial charge < -0.3 is 29.8 Å². The molecule has 0 spiro atoms. The van der Waals surface area contributed by atoms with Crippen LogP contribution in [-0.4, -0.2) is 65.6 Å². The Morgan fingerprint density at radius 3 is 2.83 bits per heavy atom. The summed E-state index contributed by atoms with van der Waals surface area (Å²) in [5.41, 5.74) is 0.529. The Morgan fingerprint density at radius 1 is 1.17 bits per heavy atom. The van der Waals surface area contributed by atoms with Crippen LogP contribution < -0.4 is 25.8 Å². The number of carbonyl (C=O) groups is 2. The number of fused-ring (bicyclic) bond motifs is 2. The monoisotopic (exact) mass is 497 g/mol. The second-order valence-corrected chi connectivity index (χ2v) is 8.43. The molecule has 4 heterocycles. The molecule has 2 amide bonds. The van der Waals surface area contributed by atoms with Gasteiger partial charge in [0.1, 0.15) is 17.7 Å². The average molecular weight is 497 g/mol. The van der Waals surface area contributed by atoms with E-state index in [2.05, 4.69) is 15.6 Å². The van der Waals surface area contributed by atoms with Crippen molar-refractivity contribution in [3.05, 3.63) is 58.1 Å². The van der Waals surface area contributed by atoms with Crippen molar-refractivity contribution in [3.63, 3.8) is 0 Å². The van der Waals surface area contributed by atoms with Gasteiger partial charge in [0.2, 0.25) is 0 Å². The fourth-order valence-electron chi connectivity index (χ4n) is 4.40. The molecular formula is C24H24FN5O6. The first-order chi connectivity index (χ1) is 17.4. The fourth-order valence-corrected chi connectivity index (χ4v) is 4.40. The van der Waals surface area contributed by atoms with Crippen molar-refractivity contribution in [1.29, 1.82) is 0 Å². The Balaban J connectivity index is 1.22. The number of ether oxygens (including phenoxy) is 2. The summed E-state index contributed by atoms with van der Waals surface area (Å²) in [6.07, 6.45) is -0.745. The molecule has 0 radical (unpaired) electrons. The van der Waals surface area contributed by atoms with Crippen LogP contribution in [0.3, 0.4) is 0 Å². The van der Waals surface area contributed by atoms with Gasteiger partial charge in [0.15, 0.2) is 18.2 Å². The molecule has 1 saturated heterocycles. The van der Waals surface area contributed by atoms with Gasteiger partial charge in [-0.3, -0.25) is 14.5 Å². The third-order valence-electron chi connectivity index (χ3n) is 6.06. The van der Waals surface area contributed by atoms with Crippen molar-refractivity contribution in [2.45, 2.75) is 19.1 Å². The quantitative estimate of drug-likeness (QED) is 0.393. The normalized spacial score (nSPS) is 17.1. The van der Waals surface area contributed by atoms with Crippen molar-refractivity contribution >= 4 is 34.5 Å². The lowest BCUT2D eigenvalue weighted by molar-refractivity contribution is -0.118. The van der Waals surface area contributed by atoms with Crippen molar-refractivity contribution in [2.75, 3.05) is 43.1 Å². The number of hydrogen-bond acceptors (Lipinski definition) is 8. The highest BCUT2D eigenvalue weighted by atomic mass is 19.1. The molecule has 2 aliphatic heterocycles. The predicted molar refractivity (Wildman–Crippen MR) is 128 cm³/mol. The van der Waals surface area contributed by atoms with E-state index >= 15 is 0 Å². The van der Waals surface area contributed by atoms with E-state index in [1.807, 2.05) is 0 Å². The SMILES string of the molecule is O=C1COc2ccc(N3C[C@H](CNCCc4c(F)ccc5ccc(=O)n(CCO)c45)OC3=O)nc2N1. The number of amides is 2. The maximum absolute atomic E-state index is 14.7. The van der Waals surface area contributed by atoms with Crippen LogP contribution in [0.5, 0.6) is 5.75 Å². The Kier molecular flexibility index (Phi) is 6.53. The van der Waals surface area contributed by atoms with E-state index in [0.29, 0.717) is 41.1 Å². The highest BCUT2D eigenvalue weighted by Gasteiger charge is 2.33. The van der Waals surface area contributed by atoms with Crippen LogP contribution in [0.4, 0.5) is 20.8 Å². The second-order valence-electron chi connectivity index (χ2n) is 8.43. The van der Waals surface area contributed by atoms with E-state index in [9.17, 15) is 23.9 Å². The van der Waals surface area contributed by atoms with E-state index < -0.39 is 18.0 Å². The number of aliphatic hydroxyl groups excluding tert-OH is 1. The molecule has 36 heavy (non-hydrogen) atoms. The highest BCUT2D eigenvalue weighted by molar-refractivity contribution is 5.95. The Bertz CT molecular complexity index is 1390. The largest absolute Gasteiger partial charge is 0.480 e. The minimum atomic E-state index is -0.564. The number of nitrogens with one attached hydrogen (secondary N) is 2. The van der Waals surface area contributed by atoms with Gasteiger partial charge in [0.25, 0.3) is 11.5 Å². The molecule has 0 bridgehead atoms. The third kappa shape index (κ3) is 4.60. The molecule has 188 valence electrons. The van der Waals surface area contributed by atoms with Crippen LogP contribution in [0, 0.1) is 5.82 Å². The molecule has 2 aliphatic rings. The first-order valence-corrected chi connectivity index (χ1v) is 11.5. The molecule has 0 aliphatic carbocycles. The molecule has 3 aromatic rings. The molecule has 0 saturated carbocycles. The van der Waals surface area contributed by atoms with Gasteiger partial charge in [-0.2, -0.15) is 0 Å². The van der Waals surface area contributed by atoms with Crippen LogP contribution in [0.15, 0.2) is 41.2 Å². The lowest BCUT2D eigenvalue weighted by atomic mass is 10.1. The first kappa shape index (κ1) is 23.7. The van der Waals surface area contributed by atoms with Crippen LogP contribution in [-0.2, 0) is 22.5 Å². The van der Waals surface area contributed by atoms with E-state index in [1.54, 1.807) is 24.3 Å². The molecule has 11 nitrogen and oxygen atoms in total. The molecule has 1 fully saturated rings. The number of benzene rings is 1. The first-order valence-electron chi connectivity index (χ1n) is 11.5. The molecule has 1 atom stereocenters. The summed E-state index contributed by atoms with van der Waals surface area (Å²) in [7, 11) is 0. The molecular weight excluding hydrogens is 473 g/mol. The van der Waals surface area contributed by atoms with Crippen molar-refractivity contribution in [2.24, 2.45) is 0 Å². The molecule has 2 aromatic heterocycles. The van der Waals surface area contributed by atoms with Gasteiger partial charge in [0, 0.05) is 24.7 Å². The van der Waals surface area contributed by atoms with E-state index in [0.717, 1.165) is 0 Å². The zero-order valence-corrected chi connectivity index (χ0v) is 19.2. The smallest absolute Gasteiger partial charge is 0.416 e. The van der Waals surface area contributed by atoms with Crippen LogP contribution >= 0.6 is 0 Å². The molecule has 0 unspecified atom stereocenters. The molecule has 5 rings (SSSR count). The lowest BCUT2D eigenvalue weighted by Gasteiger charge is -2.19. The standard InChI is InChI=1S/C24H24FN5O6/c25-17-3-1-14-2-6-21(33)29(9-10-31)22(14)16(17)7-8-26-11-15-12-30(24(34)36-15)19-5-4-18-23(27-19)28-20(32)13-35-18/h1-6,15,26,31H,7-13H2,(H,27,28,32)/t15-/m0/s1. The second kappa shape index (κ2) is 9.91. The number of aromatic nitrogens is 2. The minimum absolute atomic E-state index is 0.0699. The number of pyridine rings is 2. The number of aliphatic hydroxyl groups is 1. The van der Waals surface area contributed by atoms with Gasteiger partial charge in [-0.25, -0.2) is 14.2 Å². The van der Waals surface area contributed by atoms with Crippen LogP contribution in [0.2, 0.25) is 0 Å². The summed E-state index contributed by atoms with van der Waals surface area (Å²) in [5, 5.41) is 15.8. The number of anilines is 2. The number of hydrogen-bond donors (Lipinski definition) is 3. The summed E-state index contributed by atoms with van der Waals surface area (Å²) in [5.74, 6) is 0.236.